The first-order valence-corrected chi connectivity index (χ1v) is 9.82. The van der Waals surface area contributed by atoms with Crippen molar-refractivity contribution in [1.29, 1.82) is 0 Å². The summed E-state index contributed by atoms with van der Waals surface area (Å²) >= 11 is 0. The van der Waals surface area contributed by atoms with Crippen molar-refractivity contribution >= 4 is 16.8 Å². The van der Waals surface area contributed by atoms with E-state index >= 15 is 0 Å². The molecule has 4 nitrogen and oxygen atoms in total. The number of benzene rings is 2. The van der Waals surface area contributed by atoms with Gasteiger partial charge in [0.25, 0.3) is 5.91 Å². The van der Waals surface area contributed by atoms with Gasteiger partial charge in [-0.25, -0.2) is 8.78 Å². The highest BCUT2D eigenvalue weighted by Gasteiger charge is 2.36. The fraction of sp³-hybridized carbons (Fsp3) is 0.167. The van der Waals surface area contributed by atoms with E-state index in [2.05, 4.69) is 16.0 Å². The quantitative estimate of drug-likeness (QED) is 0.516. The minimum atomic E-state index is -1.12. The molecule has 2 aromatic carbocycles. The number of carbonyl (C=O) groups is 1. The molecule has 0 spiro atoms. The lowest BCUT2D eigenvalue weighted by atomic mass is 9.94. The van der Waals surface area contributed by atoms with E-state index in [1.807, 2.05) is 43.3 Å². The number of fused-ring (bicyclic) bond motifs is 3. The molecule has 1 N–H and O–H groups in total. The number of aryl methyl sites for hydroxylation is 1. The number of hydrogen-bond acceptors (Lipinski definition) is 2. The zero-order valence-electron chi connectivity index (χ0n) is 16.3. The topological polar surface area (TPSA) is 49.0 Å². The first-order valence-electron chi connectivity index (χ1n) is 9.82. The number of aromatic amines is 1. The number of nitrogens with one attached hydrogen (secondary N) is 1. The molecule has 0 radical (unpaired) electrons. The van der Waals surface area contributed by atoms with E-state index < -0.39 is 23.6 Å². The summed E-state index contributed by atoms with van der Waals surface area (Å²) in [5.74, 6) is -2.71. The molecule has 1 unspecified atom stereocenters. The molecule has 6 heteroatoms. The third kappa shape index (κ3) is 2.87. The van der Waals surface area contributed by atoms with Gasteiger partial charge in [-0.3, -0.25) is 9.78 Å². The van der Waals surface area contributed by atoms with Crippen LogP contribution >= 0.6 is 0 Å². The molecule has 3 heterocycles. The van der Waals surface area contributed by atoms with Crippen LogP contribution in [0.5, 0.6) is 0 Å². The highest BCUT2D eigenvalue weighted by Crippen LogP contribution is 2.38. The number of amides is 1. The normalized spacial score (nSPS) is 16.0. The van der Waals surface area contributed by atoms with Gasteiger partial charge in [0.05, 0.1) is 11.3 Å². The van der Waals surface area contributed by atoms with Gasteiger partial charge in [0, 0.05) is 28.8 Å². The third-order valence-electron chi connectivity index (χ3n) is 5.67. The van der Waals surface area contributed by atoms with Crippen LogP contribution < -0.4 is 0 Å². The smallest absolute Gasteiger partial charge is 0.257 e. The minimum Gasteiger partial charge on any atom is -0.356 e. The third-order valence-corrected chi connectivity index (χ3v) is 5.67. The zero-order chi connectivity index (χ0) is 20.8. The average Bonchev–Trinajstić information content (AvgIpc) is 3.13. The predicted octanol–water partition coefficient (Wildman–Crippen LogP) is 4.94. The number of para-hydroxylation sites is 1. The van der Waals surface area contributed by atoms with E-state index in [0.717, 1.165) is 33.9 Å². The van der Waals surface area contributed by atoms with E-state index in [9.17, 15) is 13.6 Å². The molecular weight excluding hydrogens is 384 g/mol. The average molecular weight is 403 g/mol. The maximum atomic E-state index is 14.4. The number of pyridine rings is 1. The number of carbonyl (C=O) groups excluding carboxylic acids is 1. The lowest BCUT2D eigenvalue weighted by molar-refractivity contribution is 0.0682. The Labute approximate surface area is 172 Å². The number of rotatable bonds is 2. The molecule has 1 aliphatic heterocycles. The van der Waals surface area contributed by atoms with Crippen LogP contribution in [0.3, 0.4) is 0 Å². The summed E-state index contributed by atoms with van der Waals surface area (Å²) in [6.45, 7) is 2.26. The Hall–Kier alpha value is -3.54. The first kappa shape index (κ1) is 18.5. The van der Waals surface area contributed by atoms with Gasteiger partial charge in [-0.05, 0) is 49.2 Å². The number of H-pyrrole nitrogens is 1. The van der Waals surface area contributed by atoms with Crippen molar-refractivity contribution in [1.82, 2.24) is 14.9 Å². The Balaban J connectivity index is 1.69. The van der Waals surface area contributed by atoms with Gasteiger partial charge < -0.3 is 9.88 Å². The molecule has 4 aromatic rings. The summed E-state index contributed by atoms with van der Waals surface area (Å²) in [7, 11) is 0. The van der Waals surface area contributed by atoms with E-state index in [1.54, 1.807) is 4.90 Å². The fourth-order valence-corrected chi connectivity index (χ4v) is 4.31. The maximum Gasteiger partial charge on any atom is 0.257 e. The fourth-order valence-electron chi connectivity index (χ4n) is 4.31. The monoisotopic (exact) mass is 403 g/mol. The molecule has 0 saturated carbocycles. The van der Waals surface area contributed by atoms with E-state index in [0.29, 0.717) is 18.7 Å². The molecule has 5 rings (SSSR count). The molecular formula is C24H19F2N3O. The number of hydrogen-bond donors (Lipinski definition) is 1. The molecule has 0 saturated heterocycles. The molecule has 30 heavy (non-hydrogen) atoms. The van der Waals surface area contributed by atoms with Crippen molar-refractivity contribution in [3.63, 3.8) is 0 Å². The van der Waals surface area contributed by atoms with Gasteiger partial charge >= 0.3 is 0 Å². The maximum absolute atomic E-state index is 14.4. The Morgan fingerprint density at radius 1 is 1.07 bits per heavy atom. The summed E-state index contributed by atoms with van der Waals surface area (Å²) in [4.78, 5) is 23.0. The molecule has 150 valence electrons. The molecule has 1 atom stereocenters. The second kappa shape index (κ2) is 7.06. The summed E-state index contributed by atoms with van der Waals surface area (Å²) in [6, 6.07) is 16.8. The van der Waals surface area contributed by atoms with E-state index in [4.69, 9.17) is 0 Å². The standard InChI is InChI=1S/C24H19F2N3O/c1-14-6-4-11-20(27-14)23-22-16(15-7-2-3-10-19(15)28-22)12-13-29(23)24(30)17-8-5-9-18(25)21(17)26/h2-11,23,28H,12-13H2,1H3. The Morgan fingerprint density at radius 3 is 2.70 bits per heavy atom. The SMILES string of the molecule is Cc1cccc(C2c3[nH]c4ccccc4c3CCN2C(=O)c2cccc(F)c2F)n1. The number of aromatic nitrogens is 2. The Kier molecular flexibility index (Phi) is 4.35. The Morgan fingerprint density at radius 2 is 1.87 bits per heavy atom. The van der Waals surface area contributed by atoms with E-state index in [-0.39, 0.29) is 5.56 Å². The number of halogens is 2. The van der Waals surface area contributed by atoms with Crippen LogP contribution in [0.25, 0.3) is 10.9 Å². The molecule has 0 aliphatic carbocycles. The van der Waals surface area contributed by atoms with Crippen molar-refractivity contribution in [3.05, 3.63) is 101 Å². The lowest BCUT2D eigenvalue weighted by Crippen LogP contribution is -2.41. The molecule has 0 bridgehead atoms. The zero-order valence-corrected chi connectivity index (χ0v) is 16.3. The molecule has 1 amide bonds. The minimum absolute atomic E-state index is 0.271. The number of nitrogens with zero attached hydrogens (tertiary/aromatic N) is 2. The van der Waals surface area contributed by atoms with Crippen LogP contribution in [0.15, 0.2) is 60.7 Å². The van der Waals surface area contributed by atoms with Gasteiger partial charge in [0.2, 0.25) is 0 Å². The van der Waals surface area contributed by atoms with Crippen LogP contribution in [-0.2, 0) is 6.42 Å². The largest absolute Gasteiger partial charge is 0.356 e. The van der Waals surface area contributed by atoms with Crippen LogP contribution in [-0.4, -0.2) is 27.3 Å². The van der Waals surface area contributed by atoms with Crippen molar-refractivity contribution in [2.75, 3.05) is 6.54 Å². The van der Waals surface area contributed by atoms with Gasteiger partial charge in [-0.15, -0.1) is 0 Å². The molecule has 2 aromatic heterocycles. The van der Waals surface area contributed by atoms with Crippen molar-refractivity contribution in [3.8, 4) is 0 Å². The lowest BCUT2D eigenvalue weighted by Gasteiger charge is -2.35. The van der Waals surface area contributed by atoms with Crippen LogP contribution in [0.2, 0.25) is 0 Å². The highest BCUT2D eigenvalue weighted by molar-refractivity contribution is 5.96. The van der Waals surface area contributed by atoms with Gasteiger partial charge in [-0.1, -0.05) is 30.3 Å². The van der Waals surface area contributed by atoms with Gasteiger partial charge in [0.15, 0.2) is 11.6 Å². The first-order chi connectivity index (χ1) is 14.5. The Bertz CT molecular complexity index is 1280. The second-order valence-corrected chi connectivity index (χ2v) is 7.52. The van der Waals surface area contributed by atoms with Crippen molar-refractivity contribution < 1.29 is 13.6 Å². The van der Waals surface area contributed by atoms with Crippen LogP contribution in [0.1, 0.15) is 39.0 Å². The van der Waals surface area contributed by atoms with Gasteiger partial charge in [-0.2, -0.15) is 0 Å². The summed E-state index contributed by atoms with van der Waals surface area (Å²) in [5, 5.41) is 1.11. The van der Waals surface area contributed by atoms with Crippen LogP contribution in [0.4, 0.5) is 8.78 Å². The van der Waals surface area contributed by atoms with Gasteiger partial charge in [0.1, 0.15) is 6.04 Å². The predicted molar refractivity (Wildman–Crippen MR) is 110 cm³/mol. The molecule has 0 fully saturated rings. The summed E-state index contributed by atoms with van der Waals surface area (Å²) in [5.41, 5.74) is 4.21. The van der Waals surface area contributed by atoms with Crippen molar-refractivity contribution in [2.24, 2.45) is 0 Å². The van der Waals surface area contributed by atoms with Crippen LogP contribution in [0, 0.1) is 18.6 Å². The second-order valence-electron chi connectivity index (χ2n) is 7.52. The highest BCUT2D eigenvalue weighted by atomic mass is 19.2. The van der Waals surface area contributed by atoms with Crippen molar-refractivity contribution in [2.45, 2.75) is 19.4 Å². The molecule has 1 aliphatic rings. The summed E-state index contributed by atoms with van der Waals surface area (Å²) in [6.07, 6.45) is 0.615. The summed E-state index contributed by atoms with van der Waals surface area (Å²) < 4.78 is 28.2. The van der Waals surface area contributed by atoms with E-state index in [1.165, 1.54) is 12.1 Å².